The summed E-state index contributed by atoms with van der Waals surface area (Å²) in [6.07, 6.45) is 7.83. The highest BCUT2D eigenvalue weighted by molar-refractivity contribution is 7.15. The number of nitrogens with two attached hydrogens (primary N) is 1. The quantitative estimate of drug-likeness (QED) is 0.889. The van der Waals surface area contributed by atoms with E-state index in [1.807, 2.05) is 6.07 Å². The van der Waals surface area contributed by atoms with E-state index in [0.29, 0.717) is 11.6 Å². The van der Waals surface area contributed by atoms with Gasteiger partial charge in [-0.1, -0.05) is 18.2 Å². The lowest BCUT2D eigenvalue weighted by Gasteiger charge is -2.18. The topological polar surface area (TPSA) is 71.2 Å². The number of rotatable bonds is 3. The Morgan fingerprint density at radius 2 is 2.12 bits per heavy atom. The van der Waals surface area contributed by atoms with Crippen molar-refractivity contribution in [1.29, 1.82) is 0 Å². The summed E-state index contributed by atoms with van der Waals surface area (Å²) in [4.78, 5) is 19.7. The molecule has 2 aromatic rings. The Bertz CT molecular complexity index is 801. The highest BCUT2D eigenvalue weighted by Gasteiger charge is 2.17. The van der Waals surface area contributed by atoms with Gasteiger partial charge in [0.2, 0.25) is 5.91 Å². The summed E-state index contributed by atoms with van der Waals surface area (Å²) in [5.74, 6) is 0.113. The van der Waals surface area contributed by atoms with Gasteiger partial charge in [-0.15, -0.1) is 11.3 Å². The second-order valence-corrected chi connectivity index (χ2v) is 7.70. The molecule has 0 aliphatic carbocycles. The highest BCUT2D eigenvalue weighted by Crippen LogP contribution is 2.25. The van der Waals surface area contributed by atoms with Crippen LogP contribution in [0.15, 0.2) is 24.3 Å². The molecule has 0 bridgehead atoms. The standard InChI is InChI=1S/C19H22N4OS/c20-19-22-16-7-10-23(11-8-17(16)25-19)9-1-2-13-3-5-15-14(12-13)4-6-18(24)21-15/h1-3,5,12H,4,6-11H2,(H2,20,22)(H,21,24). The van der Waals surface area contributed by atoms with Crippen molar-refractivity contribution >= 4 is 34.1 Å². The van der Waals surface area contributed by atoms with Gasteiger partial charge < -0.3 is 11.1 Å². The van der Waals surface area contributed by atoms with Crippen molar-refractivity contribution in [2.24, 2.45) is 0 Å². The lowest BCUT2D eigenvalue weighted by atomic mass is 10.0. The van der Waals surface area contributed by atoms with Gasteiger partial charge in [0.15, 0.2) is 5.13 Å². The van der Waals surface area contributed by atoms with Gasteiger partial charge in [0.1, 0.15) is 0 Å². The zero-order valence-electron chi connectivity index (χ0n) is 14.1. The maximum Gasteiger partial charge on any atom is 0.224 e. The Labute approximate surface area is 151 Å². The third kappa shape index (κ3) is 3.75. The Morgan fingerprint density at radius 1 is 1.24 bits per heavy atom. The second-order valence-electron chi connectivity index (χ2n) is 6.59. The number of aryl methyl sites for hydroxylation is 1. The van der Waals surface area contributed by atoms with E-state index in [1.165, 1.54) is 21.7 Å². The maximum atomic E-state index is 11.4. The van der Waals surface area contributed by atoms with Crippen LogP contribution in [0.3, 0.4) is 0 Å². The molecule has 2 aliphatic heterocycles. The molecule has 3 heterocycles. The Kier molecular flexibility index (Phi) is 4.55. The summed E-state index contributed by atoms with van der Waals surface area (Å²) in [7, 11) is 0. The molecule has 130 valence electrons. The molecule has 0 saturated carbocycles. The van der Waals surface area contributed by atoms with Gasteiger partial charge in [-0.2, -0.15) is 0 Å². The Morgan fingerprint density at radius 3 is 3.04 bits per heavy atom. The number of carbonyl (C=O) groups is 1. The van der Waals surface area contributed by atoms with Crippen LogP contribution < -0.4 is 11.1 Å². The van der Waals surface area contributed by atoms with Crippen LogP contribution in [0.1, 0.15) is 28.1 Å². The van der Waals surface area contributed by atoms with Crippen molar-refractivity contribution in [3.63, 3.8) is 0 Å². The van der Waals surface area contributed by atoms with E-state index in [4.69, 9.17) is 5.73 Å². The molecule has 0 spiro atoms. The average Bonchev–Trinajstić information content (AvgIpc) is 2.86. The fourth-order valence-corrected chi connectivity index (χ4v) is 4.32. The number of hydrogen-bond acceptors (Lipinski definition) is 5. The molecule has 3 N–H and O–H groups in total. The Hall–Kier alpha value is -2.18. The molecule has 2 aliphatic rings. The summed E-state index contributed by atoms with van der Waals surface area (Å²) in [6, 6.07) is 6.25. The van der Waals surface area contributed by atoms with E-state index in [2.05, 4.69) is 39.5 Å². The molecule has 0 fully saturated rings. The summed E-state index contributed by atoms with van der Waals surface area (Å²) >= 11 is 1.63. The highest BCUT2D eigenvalue weighted by atomic mass is 32.1. The minimum absolute atomic E-state index is 0.113. The first kappa shape index (κ1) is 16.3. The third-order valence-corrected chi connectivity index (χ3v) is 5.80. The molecule has 4 rings (SSSR count). The first-order valence-electron chi connectivity index (χ1n) is 8.73. The van der Waals surface area contributed by atoms with Gasteiger partial charge in [-0.05, 0) is 36.1 Å². The predicted octanol–water partition coefficient (Wildman–Crippen LogP) is 2.72. The number of nitrogens with one attached hydrogen (secondary N) is 1. The molecule has 1 amide bonds. The number of hydrogen-bond donors (Lipinski definition) is 2. The predicted molar refractivity (Wildman–Crippen MR) is 103 cm³/mol. The number of nitrogens with zero attached hydrogens (tertiary/aromatic N) is 2. The molecule has 25 heavy (non-hydrogen) atoms. The summed E-state index contributed by atoms with van der Waals surface area (Å²) in [5.41, 5.74) is 10.4. The van der Waals surface area contributed by atoms with Crippen LogP contribution in [0.25, 0.3) is 6.08 Å². The van der Waals surface area contributed by atoms with Crippen LogP contribution >= 0.6 is 11.3 Å². The molecular weight excluding hydrogens is 332 g/mol. The first-order valence-corrected chi connectivity index (χ1v) is 9.55. The van der Waals surface area contributed by atoms with Crippen molar-refractivity contribution in [2.45, 2.75) is 25.7 Å². The van der Waals surface area contributed by atoms with E-state index in [9.17, 15) is 4.79 Å². The second kappa shape index (κ2) is 6.98. The number of thiazole rings is 1. The van der Waals surface area contributed by atoms with Crippen LogP contribution in [0.2, 0.25) is 0 Å². The van der Waals surface area contributed by atoms with Crippen molar-refractivity contribution in [1.82, 2.24) is 9.88 Å². The molecule has 0 atom stereocenters. The van der Waals surface area contributed by atoms with Gasteiger partial charge in [0, 0.05) is 43.0 Å². The van der Waals surface area contributed by atoms with E-state index in [1.54, 1.807) is 11.3 Å². The van der Waals surface area contributed by atoms with E-state index in [0.717, 1.165) is 44.6 Å². The number of anilines is 2. The third-order valence-electron chi connectivity index (χ3n) is 4.81. The van der Waals surface area contributed by atoms with Gasteiger partial charge in [-0.25, -0.2) is 4.98 Å². The van der Waals surface area contributed by atoms with Gasteiger partial charge in [0.05, 0.1) is 5.69 Å². The van der Waals surface area contributed by atoms with Crippen LogP contribution in [0, 0.1) is 0 Å². The summed E-state index contributed by atoms with van der Waals surface area (Å²) in [5, 5.41) is 3.62. The van der Waals surface area contributed by atoms with Crippen molar-refractivity contribution in [3.05, 3.63) is 46.0 Å². The monoisotopic (exact) mass is 354 g/mol. The van der Waals surface area contributed by atoms with Gasteiger partial charge in [0.25, 0.3) is 0 Å². The minimum Gasteiger partial charge on any atom is -0.375 e. The number of fused-ring (bicyclic) bond motifs is 2. The molecule has 5 nitrogen and oxygen atoms in total. The van der Waals surface area contributed by atoms with Crippen molar-refractivity contribution in [3.8, 4) is 0 Å². The minimum atomic E-state index is 0.113. The van der Waals surface area contributed by atoms with Gasteiger partial charge >= 0.3 is 0 Å². The lowest BCUT2D eigenvalue weighted by molar-refractivity contribution is -0.116. The maximum absolute atomic E-state index is 11.4. The number of carbonyl (C=O) groups excluding carboxylic acids is 1. The molecule has 1 aromatic carbocycles. The van der Waals surface area contributed by atoms with Crippen LogP contribution in [-0.2, 0) is 24.1 Å². The van der Waals surface area contributed by atoms with E-state index < -0.39 is 0 Å². The van der Waals surface area contributed by atoms with E-state index >= 15 is 0 Å². The van der Waals surface area contributed by atoms with Crippen LogP contribution in [-0.4, -0.2) is 35.4 Å². The summed E-state index contributed by atoms with van der Waals surface area (Å²) in [6.45, 7) is 3.02. The Balaban J connectivity index is 1.35. The van der Waals surface area contributed by atoms with Gasteiger partial charge in [-0.3, -0.25) is 9.69 Å². The normalized spacial score (nSPS) is 17.8. The van der Waals surface area contributed by atoms with Crippen LogP contribution in [0.5, 0.6) is 0 Å². The van der Waals surface area contributed by atoms with Crippen molar-refractivity contribution in [2.75, 3.05) is 30.7 Å². The van der Waals surface area contributed by atoms with Crippen molar-refractivity contribution < 1.29 is 4.79 Å². The van der Waals surface area contributed by atoms with E-state index in [-0.39, 0.29) is 5.91 Å². The molecule has 0 saturated heterocycles. The smallest absolute Gasteiger partial charge is 0.224 e. The SMILES string of the molecule is Nc1nc2c(s1)CCN(CC=Cc1ccc3c(c1)CCC(=O)N3)CC2. The number of benzene rings is 1. The number of aromatic nitrogens is 1. The zero-order chi connectivity index (χ0) is 17.2. The molecule has 0 radical (unpaired) electrons. The average molecular weight is 354 g/mol. The summed E-state index contributed by atoms with van der Waals surface area (Å²) < 4.78 is 0. The van der Waals surface area contributed by atoms with Crippen LogP contribution in [0.4, 0.5) is 10.8 Å². The number of nitrogen functional groups attached to an aromatic ring is 1. The first-order chi connectivity index (χ1) is 12.2. The zero-order valence-corrected chi connectivity index (χ0v) is 14.9. The molecular formula is C19H22N4OS. The molecule has 6 heteroatoms. The lowest BCUT2D eigenvalue weighted by Crippen LogP contribution is -2.26. The number of amides is 1. The largest absolute Gasteiger partial charge is 0.375 e. The fraction of sp³-hybridized carbons (Fsp3) is 0.368. The molecule has 1 aromatic heterocycles. The fourth-order valence-electron chi connectivity index (χ4n) is 3.46. The molecule has 0 unspecified atom stereocenters.